The molecular weight excluding hydrogens is 406 g/mol. The number of halogens is 2. The third kappa shape index (κ3) is 6.19. The highest BCUT2D eigenvalue weighted by molar-refractivity contribution is 9.10. The Bertz CT molecular complexity index is 682. The predicted octanol–water partition coefficient (Wildman–Crippen LogP) is 4.82. The van der Waals surface area contributed by atoms with Crippen molar-refractivity contribution in [3.63, 3.8) is 0 Å². The zero-order chi connectivity index (χ0) is 18.1. The van der Waals surface area contributed by atoms with Crippen LogP contribution in [0.25, 0.3) is 0 Å². The van der Waals surface area contributed by atoms with Crippen molar-refractivity contribution < 1.29 is 14.2 Å². The van der Waals surface area contributed by atoms with E-state index in [1.165, 1.54) is 0 Å². The molecule has 0 saturated carbocycles. The van der Waals surface area contributed by atoms with Crippen molar-refractivity contribution in [1.82, 2.24) is 5.32 Å². The number of benzene rings is 2. The maximum atomic E-state index is 6.19. The summed E-state index contributed by atoms with van der Waals surface area (Å²) in [6.07, 6.45) is 0. The highest BCUT2D eigenvalue weighted by atomic mass is 79.9. The van der Waals surface area contributed by atoms with Crippen LogP contribution in [0.2, 0.25) is 5.02 Å². The van der Waals surface area contributed by atoms with E-state index in [2.05, 4.69) is 21.2 Å². The van der Waals surface area contributed by atoms with Crippen LogP contribution in [0.1, 0.15) is 18.1 Å². The van der Waals surface area contributed by atoms with Crippen LogP contribution in [-0.4, -0.2) is 26.9 Å². The molecule has 0 saturated heterocycles. The Morgan fingerprint density at radius 2 is 1.84 bits per heavy atom. The molecule has 0 atom stereocenters. The van der Waals surface area contributed by atoms with Gasteiger partial charge in [-0.3, -0.25) is 0 Å². The van der Waals surface area contributed by atoms with Crippen LogP contribution in [0.5, 0.6) is 11.5 Å². The molecule has 0 aromatic heterocycles. The quantitative estimate of drug-likeness (QED) is 0.551. The van der Waals surface area contributed by atoms with Gasteiger partial charge in [0.15, 0.2) is 11.5 Å². The van der Waals surface area contributed by atoms with Crippen molar-refractivity contribution in [2.75, 3.05) is 26.9 Å². The molecule has 2 rings (SSSR count). The molecule has 0 unspecified atom stereocenters. The molecule has 2 aromatic carbocycles. The maximum Gasteiger partial charge on any atom is 0.162 e. The Morgan fingerprint density at radius 1 is 1.08 bits per heavy atom. The van der Waals surface area contributed by atoms with E-state index in [4.69, 9.17) is 25.8 Å². The summed E-state index contributed by atoms with van der Waals surface area (Å²) in [5.74, 6) is 1.41. The predicted molar refractivity (Wildman–Crippen MR) is 105 cm³/mol. The second-order valence-electron chi connectivity index (χ2n) is 5.37. The smallest absolute Gasteiger partial charge is 0.162 e. The lowest BCUT2D eigenvalue weighted by Crippen LogP contribution is -2.18. The topological polar surface area (TPSA) is 39.7 Å². The van der Waals surface area contributed by atoms with Gasteiger partial charge < -0.3 is 19.5 Å². The molecule has 6 heteroatoms. The fourth-order valence-electron chi connectivity index (χ4n) is 2.26. The van der Waals surface area contributed by atoms with Gasteiger partial charge in [-0.25, -0.2) is 0 Å². The number of hydrogen-bond donors (Lipinski definition) is 1. The summed E-state index contributed by atoms with van der Waals surface area (Å²) < 4.78 is 17.7. The van der Waals surface area contributed by atoms with E-state index >= 15 is 0 Å². The first-order chi connectivity index (χ1) is 12.2. The zero-order valence-electron chi connectivity index (χ0n) is 14.5. The number of methoxy groups -OCH3 is 1. The summed E-state index contributed by atoms with van der Waals surface area (Å²) in [4.78, 5) is 0. The first kappa shape index (κ1) is 20.0. The van der Waals surface area contributed by atoms with Gasteiger partial charge in [0.05, 0.1) is 13.2 Å². The third-order valence-electron chi connectivity index (χ3n) is 3.55. The van der Waals surface area contributed by atoms with Crippen molar-refractivity contribution >= 4 is 27.5 Å². The Labute approximate surface area is 162 Å². The minimum Gasteiger partial charge on any atom is -0.490 e. The average Bonchev–Trinajstić information content (AvgIpc) is 2.61. The molecule has 136 valence electrons. The summed E-state index contributed by atoms with van der Waals surface area (Å²) in [6.45, 7) is 5.09. The second kappa shape index (κ2) is 10.7. The van der Waals surface area contributed by atoms with Crippen molar-refractivity contribution in [2.24, 2.45) is 0 Å². The average molecular weight is 429 g/mol. The number of hydrogen-bond acceptors (Lipinski definition) is 4. The Hall–Kier alpha value is -1.27. The van der Waals surface area contributed by atoms with Gasteiger partial charge in [0, 0.05) is 35.3 Å². The summed E-state index contributed by atoms with van der Waals surface area (Å²) >= 11 is 9.80. The molecule has 0 aliphatic rings. The molecular formula is C19H23BrClNO3. The van der Waals surface area contributed by atoms with Gasteiger partial charge in [-0.15, -0.1) is 0 Å². The third-order valence-corrected chi connectivity index (χ3v) is 4.66. The molecule has 1 N–H and O–H groups in total. The molecule has 0 fully saturated rings. The fraction of sp³-hybridized carbons (Fsp3) is 0.368. The largest absolute Gasteiger partial charge is 0.490 e. The second-order valence-corrected chi connectivity index (χ2v) is 6.63. The molecule has 2 aromatic rings. The van der Waals surface area contributed by atoms with Crippen LogP contribution in [0.3, 0.4) is 0 Å². The Kier molecular flexibility index (Phi) is 8.55. The van der Waals surface area contributed by atoms with Crippen LogP contribution in [0, 0.1) is 0 Å². The number of rotatable bonds is 10. The molecule has 0 aliphatic carbocycles. The lowest BCUT2D eigenvalue weighted by atomic mass is 10.2. The minimum absolute atomic E-state index is 0.387. The highest BCUT2D eigenvalue weighted by Gasteiger charge is 2.12. The van der Waals surface area contributed by atoms with E-state index < -0.39 is 0 Å². The van der Waals surface area contributed by atoms with Crippen LogP contribution in [-0.2, 0) is 17.9 Å². The summed E-state index contributed by atoms with van der Waals surface area (Å²) in [5, 5.41) is 4.02. The minimum atomic E-state index is 0.387. The number of nitrogens with one attached hydrogen (secondary N) is 1. The van der Waals surface area contributed by atoms with Crippen LogP contribution >= 0.6 is 27.5 Å². The van der Waals surface area contributed by atoms with E-state index in [-0.39, 0.29) is 0 Å². The fourth-order valence-corrected chi connectivity index (χ4v) is 2.91. The van der Waals surface area contributed by atoms with Crippen LogP contribution < -0.4 is 14.8 Å². The molecule has 0 amide bonds. The lowest BCUT2D eigenvalue weighted by molar-refractivity contribution is 0.199. The first-order valence-corrected chi connectivity index (χ1v) is 9.33. The molecule has 0 spiro atoms. The molecule has 4 nitrogen and oxygen atoms in total. The van der Waals surface area contributed by atoms with Gasteiger partial charge in [0.2, 0.25) is 0 Å². The normalized spacial score (nSPS) is 10.7. The molecule has 25 heavy (non-hydrogen) atoms. The van der Waals surface area contributed by atoms with Crippen molar-refractivity contribution in [1.29, 1.82) is 0 Å². The monoisotopic (exact) mass is 427 g/mol. The van der Waals surface area contributed by atoms with Gasteiger partial charge in [-0.2, -0.15) is 0 Å². The van der Waals surface area contributed by atoms with Crippen LogP contribution in [0.4, 0.5) is 0 Å². The van der Waals surface area contributed by atoms with Crippen molar-refractivity contribution in [2.45, 2.75) is 20.1 Å². The molecule has 0 radical (unpaired) electrons. The Balaban J connectivity index is 2.11. The van der Waals surface area contributed by atoms with E-state index in [0.717, 1.165) is 34.4 Å². The summed E-state index contributed by atoms with van der Waals surface area (Å²) in [7, 11) is 1.69. The lowest BCUT2D eigenvalue weighted by Gasteiger charge is -2.16. The van der Waals surface area contributed by atoms with Gasteiger partial charge in [0.1, 0.15) is 6.61 Å². The van der Waals surface area contributed by atoms with Gasteiger partial charge in [-0.1, -0.05) is 45.7 Å². The van der Waals surface area contributed by atoms with E-state index in [1.54, 1.807) is 7.11 Å². The van der Waals surface area contributed by atoms with Crippen LogP contribution in [0.15, 0.2) is 40.9 Å². The summed E-state index contributed by atoms with van der Waals surface area (Å²) in [5.41, 5.74) is 2.04. The van der Waals surface area contributed by atoms with E-state index in [9.17, 15) is 0 Å². The highest BCUT2D eigenvalue weighted by Crippen LogP contribution is 2.34. The van der Waals surface area contributed by atoms with E-state index in [0.29, 0.717) is 30.6 Å². The number of ether oxygens (including phenoxy) is 3. The standard InChI is InChI=1S/C19H23BrClNO3/c1-3-24-18-10-15(12-22-8-9-23-2)16(20)11-19(18)25-13-14-6-4-5-7-17(14)21/h4-7,10-11,22H,3,8-9,12-13H2,1-2H3. The van der Waals surface area contributed by atoms with Gasteiger partial charge in [0.25, 0.3) is 0 Å². The summed E-state index contributed by atoms with van der Waals surface area (Å²) in [6, 6.07) is 11.6. The van der Waals surface area contributed by atoms with E-state index in [1.807, 2.05) is 43.3 Å². The van der Waals surface area contributed by atoms with Crippen molar-refractivity contribution in [3.05, 3.63) is 57.0 Å². The molecule has 0 bridgehead atoms. The SMILES string of the molecule is CCOc1cc(CNCCOC)c(Br)cc1OCc1ccccc1Cl. The maximum absolute atomic E-state index is 6.19. The first-order valence-electron chi connectivity index (χ1n) is 8.16. The van der Waals surface area contributed by atoms with Gasteiger partial charge >= 0.3 is 0 Å². The van der Waals surface area contributed by atoms with Crippen molar-refractivity contribution in [3.8, 4) is 11.5 Å². The van der Waals surface area contributed by atoms with Gasteiger partial charge in [-0.05, 0) is 30.7 Å². The Morgan fingerprint density at radius 3 is 2.56 bits per heavy atom. The molecule has 0 heterocycles. The zero-order valence-corrected chi connectivity index (χ0v) is 16.8. The molecule has 0 aliphatic heterocycles.